The lowest BCUT2D eigenvalue weighted by Crippen LogP contribution is -1.96. The number of benzene rings is 3. The molecule has 1 aromatic heterocycles. The maximum atomic E-state index is 14.5. The van der Waals surface area contributed by atoms with Gasteiger partial charge in [0.15, 0.2) is 0 Å². The first-order chi connectivity index (χ1) is 13.6. The fourth-order valence-corrected chi connectivity index (χ4v) is 3.89. The van der Waals surface area contributed by atoms with E-state index in [2.05, 4.69) is 0 Å². The third-order valence-corrected chi connectivity index (χ3v) is 5.16. The molecule has 0 unspecified atom stereocenters. The van der Waals surface area contributed by atoms with Crippen molar-refractivity contribution >= 4 is 0 Å². The third-order valence-electron chi connectivity index (χ3n) is 5.16. The highest BCUT2D eigenvalue weighted by molar-refractivity contribution is 5.88. The van der Waals surface area contributed by atoms with E-state index < -0.39 is 0 Å². The van der Waals surface area contributed by atoms with Crippen LogP contribution in [-0.4, -0.2) is 15.2 Å². The molecule has 0 bridgehead atoms. The van der Waals surface area contributed by atoms with Crippen LogP contribution < -0.4 is 0 Å². The Kier molecular flexibility index (Phi) is 3.66. The maximum absolute atomic E-state index is 14.5. The fourth-order valence-electron chi connectivity index (χ4n) is 3.89. The van der Waals surface area contributed by atoms with E-state index in [1.807, 2.05) is 24.3 Å². The number of phenols is 2. The molecule has 136 valence electrons. The normalized spacial score (nSPS) is 11.9. The van der Waals surface area contributed by atoms with Gasteiger partial charge in [0.25, 0.3) is 0 Å². The average molecular weight is 369 g/mol. The van der Waals surface area contributed by atoms with Crippen LogP contribution >= 0.6 is 0 Å². The summed E-state index contributed by atoms with van der Waals surface area (Å²) in [6.07, 6.45) is 0.620. The Hall–Kier alpha value is -3.66. The average Bonchev–Trinajstić information content (AvgIpc) is 3.07. The highest BCUT2D eigenvalue weighted by Gasteiger charge is 2.27. The highest BCUT2D eigenvalue weighted by atomic mass is 19.1. The maximum Gasteiger partial charge on any atom is 0.132 e. The molecule has 4 heteroatoms. The molecule has 0 atom stereocenters. The molecule has 3 nitrogen and oxygen atoms in total. The monoisotopic (exact) mass is 369 g/mol. The third kappa shape index (κ3) is 2.54. The Balaban J connectivity index is 1.83. The van der Waals surface area contributed by atoms with Crippen LogP contribution in [0.15, 0.2) is 72.8 Å². The number of halogens is 1. The Bertz CT molecular complexity index is 1230. The Labute approximate surface area is 161 Å². The lowest BCUT2D eigenvalue weighted by molar-refractivity contribution is 0.475. The molecule has 0 saturated heterocycles. The van der Waals surface area contributed by atoms with E-state index >= 15 is 0 Å². The Morgan fingerprint density at radius 2 is 1.64 bits per heavy atom. The van der Waals surface area contributed by atoms with E-state index in [0.717, 1.165) is 22.3 Å². The second-order valence-electron chi connectivity index (χ2n) is 6.90. The molecule has 1 aliphatic carbocycles. The van der Waals surface area contributed by atoms with Gasteiger partial charge < -0.3 is 10.2 Å². The van der Waals surface area contributed by atoms with E-state index in [1.54, 1.807) is 42.5 Å². The van der Waals surface area contributed by atoms with Crippen molar-refractivity contribution in [2.75, 3.05) is 0 Å². The number of pyridine rings is 1. The van der Waals surface area contributed by atoms with Gasteiger partial charge in [-0.3, -0.25) is 0 Å². The van der Waals surface area contributed by atoms with Gasteiger partial charge in [-0.1, -0.05) is 36.4 Å². The van der Waals surface area contributed by atoms with Gasteiger partial charge in [-0.2, -0.15) is 0 Å². The molecule has 0 amide bonds. The lowest BCUT2D eigenvalue weighted by atomic mass is 9.96. The minimum Gasteiger partial charge on any atom is -0.508 e. The summed E-state index contributed by atoms with van der Waals surface area (Å²) >= 11 is 0. The fraction of sp³-hybridized carbons (Fsp3) is 0.0417. The summed E-state index contributed by atoms with van der Waals surface area (Å²) in [7, 11) is 0. The number of aromatic nitrogens is 1. The molecule has 1 aliphatic rings. The summed E-state index contributed by atoms with van der Waals surface area (Å²) in [5.41, 5.74) is 5.88. The zero-order valence-electron chi connectivity index (χ0n) is 14.9. The zero-order valence-corrected chi connectivity index (χ0v) is 14.9. The second kappa shape index (κ2) is 6.20. The summed E-state index contributed by atoms with van der Waals surface area (Å²) in [4.78, 5) is 4.73. The quantitative estimate of drug-likeness (QED) is 0.430. The predicted molar refractivity (Wildman–Crippen MR) is 107 cm³/mol. The molecule has 28 heavy (non-hydrogen) atoms. The standard InChI is InChI=1S/C24H16FNO2/c25-20-9-2-1-8-17(20)21-13-18(14-5-3-7-16(27)11-14)19-12-15-6-4-10-22(28)23(15)24(19)26-21/h1-11,13,27-28H,12H2. The van der Waals surface area contributed by atoms with Crippen molar-refractivity contribution in [3.63, 3.8) is 0 Å². The van der Waals surface area contributed by atoms with Crippen molar-refractivity contribution in [3.8, 4) is 45.1 Å². The molecule has 0 spiro atoms. The summed E-state index contributed by atoms with van der Waals surface area (Å²) in [5, 5.41) is 20.4. The van der Waals surface area contributed by atoms with Gasteiger partial charge in [0.05, 0.1) is 11.4 Å². The highest BCUT2D eigenvalue weighted by Crippen LogP contribution is 2.46. The van der Waals surface area contributed by atoms with Crippen molar-refractivity contribution in [1.29, 1.82) is 0 Å². The van der Waals surface area contributed by atoms with E-state index in [9.17, 15) is 14.6 Å². The van der Waals surface area contributed by atoms with Gasteiger partial charge in [0, 0.05) is 17.5 Å². The summed E-state index contributed by atoms with van der Waals surface area (Å²) < 4.78 is 14.5. The van der Waals surface area contributed by atoms with E-state index in [4.69, 9.17) is 4.98 Å². The smallest absolute Gasteiger partial charge is 0.132 e. The van der Waals surface area contributed by atoms with Gasteiger partial charge >= 0.3 is 0 Å². The predicted octanol–water partition coefficient (Wildman–Crippen LogP) is 5.54. The van der Waals surface area contributed by atoms with Crippen LogP contribution in [0.2, 0.25) is 0 Å². The van der Waals surface area contributed by atoms with Crippen molar-refractivity contribution in [2.24, 2.45) is 0 Å². The Morgan fingerprint density at radius 1 is 0.821 bits per heavy atom. The number of hydrogen-bond acceptors (Lipinski definition) is 3. The largest absolute Gasteiger partial charge is 0.508 e. The summed E-state index contributed by atoms with van der Waals surface area (Å²) in [6, 6.07) is 20.8. The minimum atomic E-state index is -0.354. The zero-order chi connectivity index (χ0) is 19.3. The second-order valence-corrected chi connectivity index (χ2v) is 6.90. The number of phenolic OH excluding ortho intramolecular Hbond substituents is 2. The van der Waals surface area contributed by atoms with Gasteiger partial charge in [-0.15, -0.1) is 0 Å². The molecular formula is C24H16FNO2. The first kappa shape index (κ1) is 16.5. The molecule has 0 saturated carbocycles. The number of aromatic hydroxyl groups is 2. The van der Waals surface area contributed by atoms with Crippen LogP contribution in [-0.2, 0) is 6.42 Å². The van der Waals surface area contributed by atoms with Gasteiger partial charge in [0.2, 0.25) is 0 Å². The van der Waals surface area contributed by atoms with Crippen molar-refractivity contribution in [1.82, 2.24) is 4.98 Å². The number of rotatable bonds is 2. The van der Waals surface area contributed by atoms with E-state index in [1.165, 1.54) is 6.07 Å². The SMILES string of the molecule is Oc1cccc(-c2cc(-c3ccccc3F)nc3c2Cc2cccc(O)c2-3)c1. The first-order valence-corrected chi connectivity index (χ1v) is 9.01. The molecule has 0 fully saturated rings. The van der Waals surface area contributed by atoms with Crippen LogP contribution in [0.5, 0.6) is 11.5 Å². The lowest BCUT2D eigenvalue weighted by Gasteiger charge is -2.13. The first-order valence-electron chi connectivity index (χ1n) is 9.01. The molecule has 0 aliphatic heterocycles. The van der Waals surface area contributed by atoms with Crippen molar-refractivity contribution < 1.29 is 14.6 Å². The number of fused-ring (bicyclic) bond motifs is 3. The molecule has 4 aromatic rings. The number of hydrogen-bond donors (Lipinski definition) is 2. The van der Waals surface area contributed by atoms with Crippen LogP contribution in [0.4, 0.5) is 4.39 Å². The summed E-state index contributed by atoms with van der Waals surface area (Å²) in [6.45, 7) is 0. The van der Waals surface area contributed by atoms with Crippen LogP contribution in [0, 0.1) is 5.82 Å². The molecule has 3 aromatic carbocycles. The molecule has 2 N–H and O–H groups in total. The summed E-state index contributed by atoms with van der Waals surface area (Å²) in [5.74, 6) is -0.0301. The van der Waals surface area contributed by atoms with Gasteiger partial charge in [-0.25, -0.2) is 9.37 Å². The van der Waals surface area contributed by atoms with Gasteiger partial charge in [0.1, 0.15) is 17.3 Å². The van der Waals surface area contributed by atoms with Gasteiger partial charge in [-0.05, 0) is 58.7 Å². The van der Waals surface area contributed by atoms with Crippen LogP contribution in [0.25, 0.3) is 33.6 Å². The van der Waals surface area contributed by atoms with E-state index in [0.29, 0.717) is 28.9 Å². The van der Waals surface area contributed by atoms with Crippen LogP contribution in [0.1, 0.15) is 11.1 Å². The van der Waals surface area contributed by atoms with Crippen molar-refractivity contribution in [3.05, 3.63) is 89.7 Å². The topological polar surface area (TPSA) is 53.4 Å². The van der Waals surface area contributed by atoms with E-state index in [-0.39, 0.29) is 17.3 Å². The molecule has 5 rings (SSSR count). The minimum absolute atomic E-state index is 0.161. The van der Waals surface area contributed by atoms with Crippen LogP contribution in [0.3, 0.4) is 0 Å². The molecule has 1 heterocycles. The molecule has 0 radical (unpaired) electrons. The Morgan fingerprint density at radius 3 is 2.46 bits per heavy atom. The molecular weight excluding hydrogens is 353 g/mol. The van der Waals surface area contributed by atoms with Crippen molar-refractivity contribution in [2.45, 2.75) is 6.42 Å². The number of nitrogens with zero attached hydrogens (tertiary/aromatic N) is 1.